The van der Waals surface area contributed by atoms with Crippen LogP contribution in [-0.2, 0) is 13.0 Å². The molecule has 1 aliphatic heterocycles. The number of rotatable bonds is 7. The van der Waals surface area contributed by atoms with Crippen LogP contribution >= 0.6 is 11.6 Å². The zero-order chi connectivity index (χ0) is 27.0. The number of carbonyl (C=O) groups is 1. The molecule has 0 spiro atoms. The summed E-state index contributed by atoms with van der Waals surface area (Å²) >= 11 is 5.53. The number of halogens is 1. The Labute approximate surface area is 224 Å². The van der Waals surface area contributed by atoms with Gasteiger partial charge in [0, 0.05) is 30.1 Å². The van der Waals surface area contributed by atoms with Crippen molar-refractivity contribution in [2.24, 2.45) is 5.92 Å². The molecule has 7 nitrogen and oxygen atoms in total. The quantitative estimate of drug-likeness (QED) is 0.352. The molecule has 1 saturated heterocycles. The molecule has 0 bridgehead atoms. The highest BCUT2D eigenvalue weighted by molar-refractivity contribution is 6.23. The van der Waals surface area contributed by atoms with E-state index in [1.54, 1.807) is 19.1 Å². The Morgan fingerprint density at radius 3 is 2.22 bits per heavy atom. The van der Waals surface area contributed by atoms with Gasteiger partial charge in [-0.15, -0.1) is 11.6 Å². The van der Waals surface area contributed by atoms with Crippen molar-refractivity contribution in [3.05, 3.63) is 77.4 Å². The molecule has 0 amide bonds. The fourth-order valence-electron chi connectivity index (χ4n) is 4.08. The van der Waals surface area contributed by atoms with Crippen molar-refractivity contribution in [2.75, 3.05) is 18.0 Å². The Balaban J connectivity index is 0.000000695. The number of piperidine rings is 1. The second-order valence-corrected chi connectivity index (χ2v) is 11.3. The van der Waals surface area contributed by atoms with Gasteiger partial charge in [0.1, 0.15) is 18.2 Å². The molecule has 8 heteroatoms. The highest BCUT2D eigenvalue weighted by Gasteiger charge is 2.24. The molecule has 4 rings (SSSR count). The third-order valence-corrected chi connectivity index (χ3v) is 5.81. The largest absolute Gasteiger partial charge is 0.508 e. The van der Waals surface area contributed by atoms with Gasteiger partial charge >= 0.3 is 5.97 Å². The van der Waals surface area contributed by atoms with Crippen LogP contribution in [0, 0.1) is 12.8 Å². The highest BCUT2D eigenvalue weighted by Crippen LogP contribution is 2.28. The molecule has 37 heavy (non-hydrogen) atoms. The minimum Gasteiger partial charge on any atom is -0.508 e. The van der Waals surface area contributed by atoms with E-state index in [9.17, 15) is 15.0 Å². The van der Waals surface area contributed by atoms with E-state index < -0.39 is 5.97 Å². The number of aryl methyl sites for hydroxylation is 1. The van der Waals surface area contributed by atoms with Gasteiger partial charge in [-0.1, -0.05) is 30.3 Å². The first-order valence-electron chi connectivity index (χ1n) is 12.5. The van der Waals surface area contributed by atoms with Crippen LogP contribution in [0.3, 0.4) is 0 Å². The molecule has 2 N–H and O–H groups in total. The van der Waals surface area contributed by atoms with Crippen molar-refractivity contribution in [3.63, 3.8) is 0 Å². The Morgan fingerprint density at radius 2 is 1.65 bits per heavy atom. The van der Waals surface area contributed by atoms with Crippen molar-refractivity contribution >= 4 is 23.3 Å². The van der Waals surface area contributed by atoms with E-state index >= 15 is 0 Å². The number of aromatic carboxylic acids is 1. The van der Waals surface area contributed by atoms with Crippen LogP contribution in [0.15, 0.2) is 54.6 Å². The maximum absolute atomic E-state index is 11.9. The van der Waals surface area contributed by atoms with Crippen molar-refractivity contribution in [3.8, 4) is 11.5 Å². The number of hydrogen-bond donors (Lipinski definition) is 2. The van der Waals surface area contributed by atoms with Gasteiger partial charge in [0.25, 0.3) is 0 Å². The lowest BCUT2D eigenvalue weighted by atomic mass is 9.93. The number of aromatic nitrogens is 2. The van der Waals surface area contributed by atoms with Crippen molar-refractivity contribution < 1.29 is 19.7 Å². The Hall–Kier alpha value is -3.32. The van der Waals surface area contributed by atoms with E-state index in [0.717, 1.165) is 37.2 Å². The number of aromatic hydroxyl groups is 1. The summed E-state index contributed by atoms with van der Waals surface area (Å²) in [5.74, 6) is 0.325. The number of anilines is 1. The smallest absolute Gasteiger partial charge is 0.358 e. The highest BCUT2D eigenvalue weighted by atomic mass is 35.5. The van der Waals surface area contributed by atoms with Crippen LogP contribution in [0.2, 0.25) is 0 Å². The van der Waals surface area contributed by atoms with Gasteiger partial charge in [-0.25, -0.2) is 14.8 Å². The van der Waals surface area contributed by atoms with Gasteiger partial charge in [0.2, 0.25) is 0 Å². The molecule has 0 atom stereocenters. The van der Waals surface area contributed by atoms with Crippen molar-refractivity contribution in [1.82, 2.24) is 9.97 Å². The number of alkyl halides is 1. The number of phenolic OH excluding ortho intramolecular Hbond substituents is 1. The first kappa shape index (κ1) is 28.3. The van der Waals surface area contributed by atoms with Gasteiger partial charge in [0.05, 0.1) is 5.69 Å². The summed E-state index contributed by atoms with van der Waals surface area (Å²) in [5.41, 5.74) is 2.52. The molecule has 0 aliphatic carbocycles. The van der Waals surface area contributed by atoms with Gasteiger partial charge < -0.3 is 19.8 Å². The molecular weight excluding hydrogens is 490 g/mol. The third kappa shape index (κ3) is 9.25. The second kappa shape index (κ2) is 12.8. The molecular formula is C29H36ClN3O4. The number of carboxylic acids is 1. The van der Waals surface area contributed by atoms with Gasteiger partial charge in [0.15, 0.2) is 11.4 Å². The first-order chi connectivity index (χ1) is 17.5. The number of nitrogens with zero attached hydrogens (tertiary/aromatic N) is 3. The van der Waals surface area contributed by atoms with Crippen LogP contribution in [0.5, 0.6) is 11.5 Å². The molecule has 0 radical (unpaired) electrons. The van der Waals surface area contributed by atoms with Crippen molar-refractivity contribution in [2.45, 2.75) is 58.4 Å². The second-order valence-electron chi connectivity index (χ2n) is 10.2. The minimum atomic E-state index is -1.11. The lowest BCUT2D eigenvalue weighted by Gasteiger charge is -2.33. The normalized spacial score (nSPS) is 14.0. The molecule has 2 heterocycles. The SMILES string of the molecule is CC(C)(C)Cl.Cc1nc(CC2CCN(c3ccc(O)cc3)CC2)nc(C(=O)O)c1OCc1ccccc1. The first-order valence-corrected chi connectivity index (χ1v) is 12.9. The minimum absolute atomic E-state index is 0.0278. The summed E-state index contributed by atoms with van der Waals surface area (Å²) in [4.78, 5) is 23.0. The fourth-order valence-corrected chi connectivity index (χ4v) is 4.08. The summed E-state index contributed by atoms with van der Waals surface area (Å²) in [6.07, 6.45) is 2.58. The summed E-state index contributed by atoms with van der Waals surface area (Å²) < 4.78 is 5.80. The number of benzene rings is 2. The number of hydrogen-bond acceptors (Lipinski definition) is 6. The zero-order valence-corrected chi connectivity index (χ0v) is 22.7. The van der Waals surface area contributed by atoms with Crippen LogP contribution in [-0.4, -0.2) is 44.1 Å². The van der Waals surface area contributed by atoms with Crippen molar-refractivity contribution in [1.29, 1.82) is 0 Å². The monoisotopic (exact) mass is 525 g/mol. The molecule has 0 unspecified atom stereocenters. The zero-order valence-electron chi connectivity index (χ0n) is 21.9. The number of phenols is 1. The van der Waals surface area contributed by atoms with E-state index in [4.69, 9.17) is 16.3 Å². The van der Waals surface area contributed by atoms with Gasteiger partial charge in [-0.05, 0) is 76.3 Å². The van der Waals surface area contributed by atoms with E-state index in [-0.39, 0.29) is 28.7 Å². The number of ether oxygens (including phenoxy) is 1. The maximum atomic E-state index is 11.9. The maximum Gasteiger partial charge on any atom is 0.358 e. The van der Waals surface area contributed by atoms with Gasteiger partial charge in [-0.2, -0.15) is 0 Å². The average Bonchev–Trinajstić information content (AvgIpc) is 2.84. The molecule has 2 aromatic carbocycles. The standard InChI is InChI=1S/C25H27N3O4.C4H9Cl/c1-17-24(32-16-19-5-3-2-4-6-19)23(25(30)31)27-22(26-17)15-18-11-13-28(14-12-18)20-7-9-21(29)10-8-20;1-4(2,3)5/h2-10,18,29H,11-16H2,1H3,(H,30,31);1-3H3. The molecule has 1 fully saturated rings. The fraction of sp³-hybridized carbons (Fsp3) is 0.414. The molecule has 1 aliphatic rings. The molecule has 1 aromatic heterocycles. The van der Waals surface area contributed by atoms with E-state index in [0.29, 0.717) is 23.9 Å². The van der Waals surface area contributed by atoms with Crippen LogP contribution in [0.1, 0.15) is 61.2 Å². The molecule has 3 aromatic rings. The lowest BCUT2D eigenvalue weighted by Crippen LogP contribution is -2.34. The van der Waals surface area contributed by atoms with E-state index in [2.05, 4.69) is 14.9 Å². The average molecular weight is 526 g/mol. The van der Waals surface area contributed by atoms with Gasteiger partial charge in [-0.3, -0.25) is 0 Å². The summed E-state index contributed by atoms with van der Waals surface area (Å²) in [6.45, 7) is 9.69. The predicted octanol–water partition coefficient (Wildman–Crippen LogP) is 6.25. The van der Waals surface area contributed by atoms with Crippen LogP contribution in [0.4, 0.5) is 5.69 Å². The van der Waals surface area contributed by atoms with Crippen LogP contribution < -0.4 is 9.64 Å². The molecule has 0 saturated carbocycles. The number of carboxylic acid groups (broad SMARTS) is 1. The molecule has 198 valence electrons. The van der Waals surface area contributed by atoms with E-state index in [1.165, 1.54) is 0 Å². The van der Waals surface area contributed by atoms with Crippen LogP contribution in [0.25, 0.3) is 0 Å². The van der Waals surface area contributed by atoms with E-state index in [1.807, 2.05) is 63.2 Å². The Kier molecular flexibility index (Phi) is 9.75. The summed E-state index contributed by atoms with van der Waals surface area (Å²) in [6, 6.07) is 16.9. The predicted molar refractivity (Wildman–Crippen MR) is 147 cm³/mol. The third-order valence-electron chi connectivity index (χ3n) is 5.81. The topological polar surface area (TPSA) is 95.8 Å². The summed E-state index contributed by atoms with van der Waals surface area (Å²) in [7, 11) is 0. The Bertz CT molecular complexity index is 1150. The lowest BCUT2D eigenvalue weighted by molar-refractivity contribution is 0.0683. The Morgan fingerprint density at radius 1 is 1.05 bits per heavy atom. The summed E-state index contributed by atoms with van der Waals surface area (Å²) in [5, 5.41) is 19.2.